The Labute approximate surface area is 170 Å². The van der Waals surface area contributed by atoms with Crippen LogP contribution in [0.4, 0.5) is 0 Å². The predicted octanol–water partition coefficient (Wildman–Crippen LogP) is -1.01. The molecule has 12 heteroatoms. The molecule has 0 saturated carbocycles. The molecule has 2 aromatic heterocycles. The zero-order valence-corrected chi connectivity index (χ0v) is 17.8. The smallest absolute Gasteiger partial charge is 0.293 e. The molecule has 0 aromatic carbocycles. The Hall–Kier alpha value is -2.15. The highest BCUT2D eigenvalue weighted by molar-refractivity contribution is 7.86. The maximum Gasteiger partial charge on any atom is 0.293 e. The number of carbonyl (C=O) groups excluding carboxylic acids is 1. The molecule has 2 aromatic rings. The van der Waals surface area contributed by atoms with Crippen molar-refractivity contribution in [3.8, 4) is 0 Å². The van der Waals surface area contributed by atoms with Crippen molar-refractivity contribution in [1.29, 1.82) is 0 Å². The van der Waals surface area contributed by atoms with Crippen LogP contribution in [0.15, 0.2) is 6.07 Å². The minimum absolute atomic E-state index is 0.0848. The van der Waals surface area contributed by atoms with E-state index in [0.717, 1.165) is 24.5 Å². The van der Waals surface area contributed by atoms with Crippen LogP contribution in [0.5, 0.6) is 0 Å². The molecule has 0 N–H and O–H groups in total. The standard InChI is InChI=1S/C17H26N8O3S/c1-13-12-14(2)25-17(18-13)19-15(20-25)16(26)22-6-10-24(11-7-22)29(27,28)23-8-4-21(3)5-9-23/h12H,4-11H2,1-3H3. The molecule has 2 saturated heterocycles. The van der Waals surface area contributed by atoms with Gasteiger partial charge in [-0.05, 0) is 27.0 Å². The zero-order chi connectivity index (χ0) is 20.8. The molecule has 29 heavy (non-hydrogen) atoms. The first-order valence-electron chi connectivity index (χ1n) is 9.70. The third-order valence-electron chi connectivity index (χ3n) is 5.45. The number of likely N-dealkylation sites (N-methyl/N-ethyl adjacent to an activating group) is 1. The number of fused-ring (bicyclic) bond motifs is 1. The number of aromatic nitrogens is 4. The van der Waals surface area contributed by atoms with Gasteiger partial charge in [-0.25, -0.2) is 9.50 Å². The van der Waals surface area contributed by atoms with Gasteiger partial charge < -0.3 is 9.80 Å². The van der Waals surface area contributed by atoms with Gasteiger partial charge in [0, 0.05) is 63.7 Å². The average molecular weight is 423 g/mol. The Morgan fingerprint density at radius 2 is 1.52 bits per heavy atom. The van der Waals surface area contributed by atoms with Gasteiger partial charge in [0.15, 0.2) is 0 Å². The highest BCUT2D eigenvalue weighted by Crippen LogP contribution is 2.16. The molecule has 4 rings (SSSR count). The molecule has 1 amide bonds. The number of nitrogens with zero attached hydrogens (tertiary/aromatic N) is 8. The van der Waals surface area contributed by atoms with E-state index < -0.39 is 10.2 Å². The van der Waals surface area contributed by atoms with Gasteiger partial charge in [0.2, 0.25) is 5.82 Å². The van der Waals surface area contributed by atoms with Crippen molar-refractivity contribution in [3.63, 3.8) is 0 Å². The van der Waals surface area contributed by atoms with E-state index in [0.29, 0.717) is 32.0 Å². The maximum absolute atomic E-state index is 12.9. The van der Waals surface area contributed by atoms with Crippen LogP contribution in [0, 0.1) is 13.8 Å². The van der Waals surface area contributed by atoms with Crippen LogP contribution in [-0.2, 0) is 10.2 Å². The van der Waals surface area contributed by atoms with Crippen LogP contribution >= 0.6 is 0 Å². The van der Waals surface area contributed by atoms with E-state index in [1.807, 2.05) is 27.0 Å². The normalized spacial score (nSPS) is 20.4. The first-order valence-corrected chi connectivity index (χ1v) is 11.1. The van der Waals surface area contributed by atoms with Crippen molar-refractivity contribution < 1.29 is 13.2 Å². The monoisotopic (exact) mass is 422 g/mol. The Morgan fingerprint density at radius 3 is 2.14 bits per heavy atom. The lowest BCUT2D eigenvalue weighted by atomic mass is 10.3. The van der Waals surface area contributed by atoms with Crippen LogP contribution < -0.4 is 0 Å². The second-order valence-corrected chi connectivity index (χ2v) is 9.52. The first kappa shape index (κ1) is 20.1. The van der Waals surface area contributed by atoms with Crippen molar-refractivity contribution in [3.05, 3.63) is 23.3 Å². The molecular weight excluding hydrogens is 396 g/mol. The minimum atomic E-state index is -3.50. The fourth-order valence-electron chi connectivity index (χ4n) is 3.70. The largest absolute Gasteiger partial charge is 0.333 e. The number of piperazine rings is 2. The predicted molar refractivity (Wildman–Crippen MR) is 106 cm³/mol. The summed E-state index contributed by atoms with van der Waals surface area (Å²) in [5, 5.41) is 4.28. The van der Waals surface area contributed by atoms with Crippen molar-refractivity contribution in [2.75, 3.05) is 59.4 Å². The maximum atomic E-state index is 12.9. The second-order valence-electron chi connectivity index (χ2n) is 7.59. The third-order valence-corrected chi connectivity index (χ3v) is 7.49. The molecule has 4 heterocycles. The van der Waals surface area contributed by atoms with Gasteiger partial charge >= 0.3 is 0 Å². The second kappa shape index (κ2) is 7.59. The molecule has 2 aliphatic heterocycles. The number of aryl methyl sites for hydroxylation is 2. The summed E-state index contributed by atoms with van der Waals surface area (Å²) in [7, 11) is -1.51. The van der Waals surface area contributed by atoms with E-state index in [1.165, 1.54) is 8.61 Å². The van der Waals surface area contributed by atoms with E-state index >= 15 is 0 Å². The molecule has 0 radical (unpaired) electrons. The molecule has 0 spiro atoms. The number of hydrogen-bond donors (Lipinski definition) is 0. The Morgan fingerprint density at radius 1 is 0.931 bits per heavy atom. The average Bonchev–Trinajstić information content (AvgIpc) is 3.12. The summed E-state index contributed by atoms with van der Waals surface area (Å²) >= 11 is 0. The summed E-state index contributed by atoms with van der Waals surface area (Å²) in [5.41, 5.74) is 1.66. The van der Waals surface area contributed by atoms with Crippen LogP contribution in [-0.4, -0.2) is 112 Å². The topological polar surface area (TPSA) is 107 Å². The first-order chi connectivity index (χ1) is 13.8. The van der Waals surface area contributed by atoms with Gasteiger partial charge in [-0.15, -0.1) is 5.10 Å². The minimum Gasteiger partial charge on any atom is -0.333 e. The lowest BCUT2D eigenvalue weighted by Gasteiger charge is -2.38. The Kier molecular flexibility index (Phi) is 5.27. The van der Waals surface area contributed by atoms with E-state index in [-0.39, 0.29) is 24.8 Å². The van der Waals surface area contributed by atoms with E-state index in [4.69, 9.17) is 0 Å². The lowest BCUT2D eigenvalue weighted by molar-refractivity contribution is 0.0680. The van der Waals surface area contributed by atoms with Crippen molar-refractivity contribution in [1.82, 2.24) is 38.0 Å². The molecule has 0 unspecified atom stereocenters. The van der Waals surface area contributed by atoms with Crippen LogP contribution in [0.25, 0.3) is 5.78 Å². The SMILES string of the molecule is Cc1cc(C)n2nc(C(=O)N3CCN(S(=O)(=O)N4CCN(C)CC4)CC3)nc2n1. The van der Waals surface area contributed by atoms with E-state index in [2.05, 4.69) is 20.0 Å². The van der Waals surface area contributed by atoms with Crippen LogP contribution in [0.1, 0.15) is 22.0 Å². The lowest BCUT2D eigenvalue weighted by Crippen LogP contribution is -2.57. The third kappa shape index (κ3) is 3.84. The van der Waals surface area contributed by atoms with Gasteiger partial charge in [0.1, 0.15) is 0 Å². The van der Waals surface area contributed by atoms with E-state index in [1.54, 1.807) is 9.42 Å². The fraction of sp³-hybridized carbons (Fsp3) is 0.647. The van der Waals surface area contributed by atoms with Gasteiger partial charge in [-0.1, -0.05) is 0 Å². The summed E-state index contributed by atoms with van der Waals surface area (Å²) in [4.78, 5) is 25.1. The summed E-state index contributed by atoms with van der Waals surface area (Å²) in [6.45, 7) is 7.35. The van der Waals surface area contributed by atoms with Crippen molar-refractivity contribution >= 4 is 21.9 Å². The Balaban J connectivity index is 1.43. The Bertz CT molecular complexity index is 1020. The molecule has 11 nitrogen and oxygen atoms in total. The number of hydrogen-bond acceptors (Lipinski definition) is 7. The molecule has 0 aliphatic carbocycles. The highest BCUT2D eigenvalue weighted by atomic mass is 32.2. The molecule has 158 valence electrons. The summed E-state index contributed by atoms with van der Waals surface area (Å²) in [5.74, 6) is 0.174. The summed E-state index contributed by atoms with van der Waals surface area (Å²) in [6.07, 6.45) is 0. The number of carbonyl (C=O) groups is 1. The molecular formula is C17H26N8O3S. The quantitative estimate of drug-likeness (QED) is 0.624. The van der Waals surface area contributed by atoms with Crippen LogP contribution in [0.3, 0.4) is 0 Å². The molecule has 0 bridgehead atoms. The fourth-order valence-corrected chi connectivity index (χ4v) is 5.28. The summed E-state index contributed by atoms with van der Waals surface area (Å²) in [6, 6.07) is 1.87. The molecule has 2 aliphatic rings. The van der Waals surface area contributed by atoms with E-state index in [9.17, 15) is 13.2 Å². The number of amides is 1. The van der Waals surface area contributed by atoms with Crippen LogP contribution in [0.2, 0.25) is 0 Å². The van der Waals surface area contributed by atoms with Crippen molar-refractivity contribution in [2.45, 2.75) is 13.8 Å². The molecule has 2 fully saturated rings. The van der Waals surface area contributed by atoms with Gasteiger partial charge in [-0.3, -0.25) is 4.79 Å². The van der Waals surface area contributed by atoms with Gasteiger partial charge in [0.25, 0.3) is 21.9 Å². The zero-order valence-electron chi connectivity index (χ0n) is 16.9. The van der Waals surface area contributed by atoms with Gasteiger partial charge in [0.05, 0.1) is 0 Å². The number of rotatable bonds is 3. The summed E-state index contributed by atoms with van der Waals surface area (Å²) < 4.78 is 30.3. The molecule has 0 atom stereocenters. The van der Waals surface area contributed by atoms with Crippen molar-refractivity contribution in [2.24, 2.45) is 0 Å². The van der Waals surface area contributed by atoms with Gasteiger partial charge in [-0.2, -0.15) is 22.0 Å². The highest BCUT2D eigenvalue weighted by Gasteiger charge is 2.35.